The molecule has 0 amide bonds. The van der Waals surface area contributed by atoms with E-state index in [9.17, 15) is 14.4 Å². The molecule has 0 rings (SSSR count). The van der Waals surface area contributed by atoms with Gasteiger partial charge in [-0.05, 0) is 19.3 Å². The third-order valence-electron chi connectivity index (χ3n) is 12.6. The zero-order valence-corrected chi connectivity index (χ0v) is 41.5. The second-order valence-corrected chi connectivity index (χ2v) is 18.9. The van der Waals surface area contributed by atoms with Gasteiger partial charge in [-0.2, -0.15) is 0 Å². The lowest BCUT2D eigenvalue weighted by Crippen LogP contribution is -2.30. The third-order valence-corrected chi connectivity index (χ3v) is 12.6. The SMILES string of the molecule is CCCCCCCCCCCCCCCCCCCCCC(=O)OC[C@H](COC(=O)CCCCCCC)OC(=O)CCCCCCCCCCCCCCCCCCCCC. The van der Waals surface area contributed by atoms with Crippen molar-refractivity contribution >= 4 is 17.9 Å². The van der Waals surface area contributed by atoms with E-state index < -0.39 is 6.10 Å². The van der Waals surface area contributed by atoms with Gasteiger partial charge in [0, 0.05) is 19.3 Å². The first-order valence-corrected chi connectivity index (χ1v) is 27.5. The molecule has 6 heteroatoms. The predicted octanol–water partition coefficient (Wildman–Crippen LogP) is 18.0. The van der Waals surface area contributed by atoms with Gasteiger partial charge in [-0.15, -0.1) is 0 Å². The van der Waals surface area contributed by atoms with E-state index in [0.29, 0.717) is 19.3 Å². The zero-order chi connectivity index (χ0) is 44.4. The lowest BCUT2D eigenvalue weighted by atomic mass is 10.0. The molecule has 0 fully saturated rings. The van der Waals surface area contributed by atoms with Gasteiger partial charge in [0.05, 0.1) is 0 Å². The highest BCUT2D eigenvalue weighted by atomic mass is 16.6. The van der Waals surface area contributed by atoms with Crippen molar-refractivity contribution in [1.29, 1.82) is 0 Å². The van der Waals surface area contributed by atoms with E-state index in [2.05, 4.69) is 20.8 Å². The van der Waals surface area contributed by atoms with Crippen molar-refractivity contribution in [2.24, 2.45) is 0 Å². The van der Waals surface area contributed by atoms with Crippen molar-refractivity contribution in [2.45, 2.75) is 322 Å². The minimum absolute atomic E-state index is 0.0628. The fourth-order valence-corrected chi connectivity index (χ4v) is 8.45. The molecule has 0 aromatic heterocycles. The molecule has 0 aliphatic rings. The molecule has 6 nitrogen and oxygen atoms in total. The molecule has 0 saturated carbocycles. The van der Waals surface area contributed by atoms with E-state index in [1.54, 1.807) is 0 Å². The summed E-state index contributed by atoms with van der Waals surface area (Å²) >= 11 is 0. The van der Waals surface area contributed by atoms with E-state index in [4.69, 9.17) is 14.2 Å². The van der Waals surface area contributed by atoms with Gasteiger partial charge in [0.15, 0.2) is 6.10 Å². The monoisotopic (exact) mass is 863 g/mol. The molecular weight excluding hydrogens is 757 g/mol. The van der Waals surface area contributed by atoms with E-state index in [1.165, 1.54) is 212 Å². The molecule has 0 aromatic carbocycles. The third kappa shape index (κ3) is 49.3. The average molecular weight is 863 g/mol. The maximum atomic E-state index is 12.8. The molecule has 0 saturated heterocycles. The average Bonchev–Trinajstić information content (AvgIpc) is 3.26. The summed E-state index contributed by atoms with van der Waals surface area (Å²) in [6.45, 7) is 6.62. The molecule has 0 heterocycles. The Hall–Kier alpha value is -1.59. The van der Waals surface area contributed by atoms with Gasteiger partial charge in [-0.1, -0.05) is 278 Å². The molecule has 0 aliphatic carbocycles. The summed E-state index contributed by atoms with van der Waals surface area (Å²) in [6.07, 6.45) is 55.6. The highest BCUT2D eigenvalue weighted by Gasteiger charge is 2.19. The van der Waals surface area contributed by atoms with Crippen LogP contribution in [0.2, 0.25) is 0 Å². The van der Waals surface area contributed by atoms with Crippen LogP contribution in [0.4, 0.5) is 0 Å². The van der Waals surface area contributed by atoms with Crippen LogP contribution in [0.15, 0.2) is 0 Å². The molecular formula is C55H106O6. The van der Waals surface area contributed by atoms with Crippen LogP contribution in [0.3, 0.4) is 0 Å². The summed E-state index contributed by atoms with van der Waals surface area (Å²) in [5.74, 6) is -0.853. The van der Waals surface area contributed by atoms with E-state index in [-0.39, 0.29) is 31.1 Å². The number of carbonyl (C=O) groups is 3. The van der Waals surface area contributed by atoms with Crippen LogP contribution in [-0.4, -0.2) is 37.2 Å². The molecule has 0 N–H and O–H groups in total. The Morgan fingerprint density at radius 2 is 0.443 bits per heavy atom. The van der Waals surface area contributed by atoms with Gasteiger partial charge in [0.25, 0.3) is 0 Å². The largest absolute Gasteiger partial charge is 0.462 e. The van der Waals surface area contributed by atoms with Crippen LogP contribution < -0.4 is 0 Å². The number of unbranched alkanes of at least 4 members (excludes halogenated alkanes) is 40. The molecule has 0 bridgehead atoms. The quantitative estimate of drug-likeness (QED) is 0.0344. The van der Waals surface area contributed by atoms with Crippen LogP contribution in [-0.2, 0) is 28.6 Å². The molecule has 0 aromatic rings. The van der Waals surface area contributed by atoms with Crippen LogP contribution in [0.1, 0.15) is 316 Å². The van der Waals surface area contributed by atoms with E-state index in [1.807, 2.05) is 0 Å². The topological polar surface area (TPSA) is 78.9 Å². The van der Waals surface area contributed by atoms with Crippen LogP contribution >= 0.6 is 0 Å². The second-order valence-electron chi connectivity index (χ2n) is 18.9. The summed E-state index contributed by atoms with van der Waals surface area (Å²) in [4.78, 5) is 37.7. The Morgan fingerprint density at radius 1 is 0.262 bits per heavy atom. The minimum Gasteiger partial charge on any atom is -0.462 e. The standard InChI is InChI=1S/C55H106O6/c1-4-7-10-13-15-17-19-21-23-25-27-29-31-33-35-37-39-42-45-48-54(57)60-51-52(50-59-53(56)47-44-41-12-9-6-3)61-55(58)49-46-43-40-38-36-34-32-30-28-26-24-22-20-18-16-14-11-8-5-2/h52H,4-51H2,1-3H3/t52-/m0/s1. The van der Waals surface area contributed by atoms with Gasteiger partial charge >= 0.3 is 17.9 Å². The molecule has 61 heavy (non-hydrogen) atoms. The van der Waals surface area contributed by atoms with E-state index in [0.717, 1.165) is 64.2 Å². The van der Waals surface area contributed by atoms with Gasteiger partial charge in [-0.25, -0.2) is 0 Å². The van der Waals surface area contributed by atoms with Gasteiger partial charge in [0.2, 0.25) is 0 Å². The summed E-state index contributed by atoms with van der Waals surface area (Å²) < 4.78 is 16.7. The van der Waals surface area contributed by atoms with E-state index >= 15 is 0 Å². The van der Waals surface area contributed by atoms with Crippen LogP contribution in [0.5, 0.6) is 0 Å². The number of carbonyl (C=O) groups excluding carboxylic acids is 3. The number of esters is 3. The molecule has 1 atom stereocenters. The van der Waals surface area contributed by atoms with Crippen molar-refractivity contribution in [2.75, 3.05) is 13.2 Å². The lowest BCUT2D eigenvalue weighted by Gasteiger charge is -2.18. The number of hydrogen-bond donors (Lipinski definition) is 0. The van der Waals surface area contributed by atoms with Gasteiger partial charge in [0.1, 0.15) is 13.2 Å². The van der Waals surface area contributed by atoms with Crippen LogP contribution in [0.25, 0.3) is 0 Å². The fourth-order valence-electron chi connectivity index (χ4n) is 8.45. The normalized spacial score (nSPS) is 11.9. The first kappa shape index (κ1) is 59.4. The Morgan fingerprint density at radius 3 is 0.656 bits per heavy atom. The van der Waals surface area contributed by atoms with Gasteiger partial charge < -0.3 is 14.2 Å². The van der Waals surface area contributed by atoms with Crippen molar-refractivity contribution in [3.05, 3.63) is 0 Å². The summed E-state index contributed by atoms with van der Waals surface area (Å²) in [5, 5.41) is 0. The zero-order valence-electron chi connectivity index (χ0n) is 41.5. The molecule has 0 radical (unpaired) electrons. The summed E-state index contributed by atoms with van der Waals surface area (Å²) in [7, 11) is 0. The predicted molar refractivity (Wildman–Crippen MR) is 261 cm³/mol. The molecule has 0 aliphatic heterocycles. The minimum atomic E-state index is -0.758. The smallest absolute Gasteiger partial charge is 0.306 e. The highest BCUT2D eigenvalue weighted by Crippen LogP contribution is 2.17. The summed E-state index contributed by atoms with van der Waals surface area (Å²) in [6, 6.07) is 0. The van der Waals surface area contributed by atoms with Crippen LogP contribution in [0, 0.1) is 0 Å². The molecule has 0 unspecified atom stereocenters. The number of rotatable bonds is 51. The van der Waals surface area contributed by atoms with Crippen molar-refractivity contribution in [3.8, 4) is 0 Å². The first-order chi connectivity index (χ1) is 30.0. The number of ether oxygens (including phenoxy) is 3. The number of hydrogen-bond acceptors (Lipinski definition) is 6. The summed E-state index contributed by atoms with van der Waals surface area (Å²) in [5.41, 5.74) is 0. The maximum Gasteiger partial charge on any atom is 0.306 e. The Bertz CT molecular complexity index is 905. The lowest BCUT2D eigenvalue weighted by molar-refractivity contribution is -0.167. The van der Waals surface area contributed by atoms with Crippen molar-refractivity contribution in [3.63, 3.8) is 0 Å². The fraction of sp³-hybridized carbons (Fsp3) is 0.945. The van der Waals surface area contributed by atoms with Crippen molar-refractivity contribution < 1.29 is 28.6 Å². The molecule has 0 spiro atoms. The maximum absolute atomic E-state index is 12.8. The Balaban J connectivity index is 4.05. The Labute approximate surface area is 380 Å². The Kier molecular flexibility index (Phi) is 49.7. The molecule has 362 valence electrons. The first-order valence-electron chi connectivity index (χ1n) is 27.5. The van der Waals surface area contributed by atoms with Gasteiger partial charge in [-0.3, -0.25) is 14.4 Å². The van der Waals surface area contributed by atoms with Crippen molar-refractivity contribution in [1.82, 2.24) is 0 Å². The highest BCUT2D eigenvalue weighted by molar-refractivity contribution is 5.71. The second kappa shape index (κ2) is 51.0.